The Morgan fingerprint density at radius 2 is 1.85 bits per heavy atom. The number of rotatable bonds is 2. The van der Waals surface area contributed by atoms with E-state index in [1.54, 1.807) is 7.11 Å². The van der Waals surface area contributed by atoms with E-state index in [2.05, 4.69) is 39.0 Å². The molecule has 1 heterocycles. The lowest BCUT2D eigenvalue weighted by Crippen LogP contribution is -2.42. The van der Waals surface area contributed by atoms with E-state index in [-0.39, 0.29) is 6.10 Å². The van der Waals surface area contributed by atoms with Gasteiger partial charge in [0.25, 0.3) is 0 Å². The maximum Gasteiger partial charge on any atom is 0.118 e. The highest BCUT2D eigenvalue weighted by atomic mass is 16.5. The van der Waals surface area contributed by atoms with Gasteiger partial charge in [-0.3, -0.25) is 0 Å². The van der Waals surface area contributed by atoms with Gasteiger partial charge in [0.2, 0.25) is 0 Å². The minimum absolute atomic E-state index is 0.191. The standard InChI is InChI=1S/C18H24O2/c1-11-9-12(2)17-13(3)16(11)10-20-18(17)14-5-7-15(19-4)8-6-14/h5-9,11,13,16-18H,10H2,1-4H3/t11-,13-,16+,17-,18-/m0/s1. The molecule has 5 atom stereocenters. The molecule has 1 aliphatic heterocycles. The third kappa shape index (κ3) is 2.16. The van der Waals surface area contributed by atoms with E-state index >= 15 is 0 Å². The highest BCUT2D eigenvalue weighted by Gasteiger charge is 2.43. The number of allylic oxidation sites excluding steroid dienone is 1. The zero-order chi connectivity index (χ0) is 14.3. The first-order valence-electron chi connectivity index (χ1n) is 7.55. The van der Waals surface area contributed by atoms with Gasteiger partial charge in [0, 0.05) is 5.92 Å². The first-order valence-corrected chi connectivity index (χ1v) is 7.55. The number of benzene rings is 1. The molecule has 0 aromatic heterocycles. The number of hydrogen-bond donors (Lipinski definition) is 0. The molecule has 0 saturated carbocycles. The number of fused-ring (bicyclic) bond motifs is 2. The van der Waals surface area contributed by atoms with Gasteiger partial charge < -0.3 is 9.47 Å². The fraction of sp³-hybridized carbons (Fsp3) is 0.556. The summed E-state index contributed by atoms with van der Waals surface area (Å²) < 4.78 is 11.5. The molecule has 2 aliphatic rings. The summed E-state index contributed by atoms with van der Waals surface area (Å²) >= 11 is 0. The van der Waals surface area contributed by atoms with Crippen molar-refractivity contribution >= 4 is 0 Å². The molecule has 3 rings (SSSR count). The van der Waals surface area contributed by atoms with Crippen LogP contribution in [0.3, 0.4) is 0 Å². The van der Waals surface area contributed by atoms with Crippen LogP contribution in [0.25, 0.3) is 0 Å². The summed E-state index contributed by atoms with van der Waals surface area (Å²) in [5.74, 6) is 3.41. The molecule has 1 fully saturated rings. The van der Waals surface area contributed by atoms with Crippen LogP contribution in [0.1, 0.15) is 32.4 Å². The summed E-state index contributed by atoms with van der Waals surface area (Å²) in [6, 6.07) is 8.34. The maximum atomic E-state index is 6.23. The van der Waals surface area contributed by atoms with Gasteiger partial charge in [-0.25, -0.2) is 0 Å². The van der Waals surface area contributed by atoms with Crippen LogP contribution >= 0.6 is 0 Å². The Bertz CT molecular complexity index is 503. The van der Waals surface area contributed by atoms with Crippen LogP contribution in [-0.4, -0.2) is 13.7 Å². The lowest BCUT2D eigenvalue weighted by Gasteiger charge is -2.47. The van der Waals surface area contributed by atoms with Crippen molar-refractivity contribution < 1.29 is 9.47 Å². The molecule has 108 valence electrons. The van der Waals surface area contributed by atoms with Crippen LogP contribution in [0.4, 0.5) is 0 Å². The third-order valence-electron chi connectivity index (χ3n) is 5.21. The molecule has 20 heavy (non-hydrogen) atoms. The lowest BCUT2D eigenvalue weighted by atomic mass is 9.64. The van der Waals surface area contributed by atoms with Gasteiger partial charge in [0.15, 0.2) is 0 Å². The maximum absolute atomic E-state index is 6.23. The van der Waals surface area contributed by atoms with Crippen molar-refractivity contribution in [1.82, 2.24) is 0 Å². The summed E-state index contributed by atoms with van der Waals surface area (Å²) in [4.78, 5) is 0. The Hall–Kier alpha value is -1.28. The van der Waals surface area contributed by atoms with Gasteiger partial charge in [-0.15, -0.1) is 0 Å². The Labute approximate surface area is 121 Å². The normalized spacial score (nSPS) is 36.4. The monoisotopic (exact) mass is 272 g/mol. The van der Waals surface area contributed by atoms with Gasteiger partial charge in [-0.05, 0) is 42.4 Å². The van der Waals surface area contributed by atoms with Crippen molar-refractivity contribution in [3.8, 4) is 5.75 Å². The van der Waals surface area contributed by atoms with Gasteiger partial charge in [0.05, 0.1) is 19.8 Å². The van der Waals surface area contributed by atoms with Crippen molar-refractivity contribution in [2.24, 2.45) is 23.7 Å². The van der Waals surface area contributed by atoms with Gasteiger partial charge in [0.1, 0.15) is 5.75 Å². The van der Waals surface area contributed by atoms with Crippen molar-refractivity contribution in [2.45, 2.75) is 26.9 Å². The van der Waals surface area contributed by atoms with E-state index in [0.717, 1.165) is 12.4 Å². The first kappa shape index (κ1) is 13.7. The second-order valence-corrected chi connectivity index (χ2v) is 6.35. The Balaban J connectivity index is 1.92. The molecule has 0 N–H and O–H groups in total. The fourth-order valence-corrected chi connectivity index (χ4v) is 4.04. The lowest BCUT2D eigenvalue weighted by molar-refractivity contribution is -0.0934. The van der Waals surface area contributed by atoms with Crippen LogP contribution in [0, 0.1) is 23.7 Å². The summed E-state index contributed by atoms with van der Waals surface area (Å²) in [6.45, 7) is 7.84. The highest BCUT2D eigenvalue weighted by Crippen LogP contribution is 2.49. The first-order chi connectivity index (χ1) is 9.61. The van der Waals surface area contributed by atoms with Crippen LogP contribution in [0.15, 0.2) is 35.9 Å². The number of ether oxygens (including phenoxy) is 2. The smallest absolute Gasteiger partial charge is 0.118 e. The average Bonchev–Trinajstić information content (AvgIpc) is 2.45. The molecular weight excluding hydrogens is 248 g/mol. The topological polar surface area (TPSA) is 18.5 Å². The fourth-order valence-electron chi connectivity index (χ4n) is 4.04. The van der Waals surface area contributed by atoms with Gasteiger partial charge in [-0.1, -0.05) is 37.6 Å². The predicted molar refractivity (Wildman–Crippen MR) is 80.8 cm³/mol. The molecule has 1 aromatic rings. The van der Waals surface area contributed by atoms with E-state index in [1.807, 2.05) is 12.1 Å². The molecule has 2 nitrogen and oxygen atoms in total. The highest BCUT2D eigenvalue weighted by molar-refractivity contribution is 5.31. The number of methoxy groups -OCH3 is 1. The van der Waals surface area contributed by atoms with Crippen molar-refractivity contribution in [3.05, 3.63) is 41.5 Å². The Kier molecular flexibility index (Phi) is 3.59. The van der Waals surface area contributed by atoms with Crippen molar-refractivity contribution in [2.75, 3.05) is 13.7 Å². The van der Waals surface area contributed by atoms with Crippen LogP contribution in [0.2, 0.25) is 0 Å². The van der Waals surface area contributed by atoms with Crippen molar-refractivity contribution in [1.29, 1.82) is 0 Å². The minimum Gasteiger partial charge on any atom is -0.497 e. The second-order valence-electron chi connectivity index (χ2n) is 6.35. The summed E-state index contributed by atoms with van der Waals surface area (Å²) in [6.07, 6.45) is 2.64. The molecule has 1 saturated heterocycles. The molecular formula is C18H24O2. The molecule has 1 aliphatic carbocycles. The van der Waals surface area contributed by atoms with E-state index in [0.29, 0.717) is 23.7 Å². The Morgan fingerprint density at radius 3 is 2.50 bits per heavy atom. The average molecular weight is 272 g/mol. The largest absolute Gasteiger partial charge is 0.497 e. The van der Waals surface area contributed by atoms with E-state index in [9.17, 15) is 0 Å². The zero-order valence-corrected chi connectivity index (χ0v) is 12.8. The molecule has 0 amide bonds. The summed E-state index contributed by atoms with van der Waals surface area (Å²) in [5.41, 5.74) is 2.75. The van der Waals surface area contributed by atoms with Crippen LogP contribution in [0.5, 0.6) is 5.75 Å². The molecule has 0 unspecified atom stereocenters. The van der Waals surface area contributed by atoms with E-state index in [1.165, 1.54) is 11.1 Å². The minimum atomic E-state index is 0.191. The summed E-state index contributed by atoms with van der Waals surface area (Å²) in [5, 5.41) is 0. The molecule has 0 radical (unpaired) electrons. The summed E-state index contributed by atoms with van der Waals surface area (Å²) in [7, 11) is 1.70. The predicted octanol–water partition coefficient (Wildman–Crippen LogP) is 4.23. The van der Waals surface area contributed by atoms with E-state index < -0.39 is 0 Å². The third-order valence-corrected chi connectivity index (χ3v) is 5.21. The number of hydrogen-bond acceptors (Lipinski definition) is 2. The van der Waals surface area contributed by atoms with E-state index in [4.69, 9.17) is 9.47 Å². The van der Waals surface area contributed by atoms with Gasteiger partial charge >= 0.3 is 0 Å². The van der Waals surface area contributed by atoms with Crippen LogP contribution in [-0.2, 0) is 4.74 Å². The molecule has 1 aromatic carbocycles. The molecule has 2 bridgehead atoms. The molecule has 0 spiro atoms. The zero-order valence-electron chi connectivity index (χ0n) is 12.8. The Morgan fingerprint density at radius 1 is 1.15 bits per heavy atom. The van der Waals surface area contributed by atoms with Gasteiger partial charge in [-0.2, -0.15) is 0 Å². The SMILES string of the molecule is COc1ccc([C@@H]2OC[C@H]3[C@H](C)[C@@H]2C(C)=C[C@@H]3C)cc1. The molecule has 2 heteroatoms. The quantitative estimate of drug-likeness (QED) is 0.750. The van der Waals surface area contributed by atoms with Crippen LogP contribution < -0.4 is 4.74 Å². The van der Waals surface area contributed by atoms with Crippen molar-refractivity contribution in [3.63, 3.8) is 0 Å². The second kappa shape index (κ2) is 5.25.